The second-order valence-corrected chi connectivity index (χ2v) is 28.7. The molecule has 3 aliphatic heterocycles. The lowest BCUT2D eigenvalue weighted by molar-refractivity contribution is -0.138. The van der Waals surface area contributed by atoms with Gasteiger partial charge in [-0.05, 0) is 187 Å². The number of alkyl halides is 9. The number of carbonyl (C=O) groups is 1. The minimum Gasteiger partial charge on any atom is -0.444 e. The number of carbonyl (C=O) groups excluding carboxylic acids is 1. The van der Waals surface area contributed by atoms with Gasteiger partial charge in [-0.1, -0.05) is 23.2 Å². The van der Waals surface area contributed by atoms with Crippen LogP contribution in [0.1, 0.15) is 76.0 Å². The number of hydrogen-bond acceptors (Lipinski definition) is 16. The van der Waals surface area contributed by atoms with Crippen molar-refractivity contribution in [2.45, 2.75) is 93.2 Å². The molecule has 3 aromatic heterocycles. The molecule has 18 nitrogen and oxygen atoms in total. The summed E-state index contributed by atoms with van der Waals surface area (Å²) in [6.07, 6.45) is -4.32. The standard InChI is InChI=1S/C21H20ClF3N4O2S.C20H25F3N4O2.C15H17F3N4.C6H4Cl2O2S.ClH/c22-16-4-6-17(7-5-16)32(30,31)28-11-14-2-1-9-29(12-14)20-18-10-15(21(23,24)25)3-8-19(18)26-13-27-20;1-19(2,3)29-18(28)24-10-13-5-4-8-27(11-13)17-15-9-14(20(21,22)23)6-7-16(15)25-12-26-17;16-15(17,18)11-3-4-13-12(6-11)14(21-9-20-13)22-5-1-2-10(7-19)8-22;7-5-1-3-6(4-2-5)11(8,9)10;/h3-8,10,13-14,28H,1-2,9,11-12H2;6-7,9,12-13H,4-5,8,10-11H2,1-3H3,(H,24,28);3-4,6,9-10H,1-2,5,7-8,19H2;1-4H;1H. The number of sulfonamides is 1. The lowest BCUT2D eigenvalue weighted by Crippen LogP contribution is -2.42. The predicted octanol–water partition coefficient (Wildman–Crippen LogP) is 14.4. The van der Waals surface area contributed by atoms with Crippen LogP contribution in [0.15, 0.2) is 132 Å². The third-order valence-electron chi connectivity index (χ3n) is 15.3. The van der Waals surface area contributed by atoms with Crippen LogP contribution in [0.25, 0.3) is 32.7 Å². The molecule has 1 amide bonds. The first-order valence-corrected chi connectivity index (χ1v) is 34.0. The first-order valence-electron chi connectivity index (χ1n) is 29.5. The van der Waals surface area contributed by atoms with Gasteiger partial charge in [0, 0.05) is 89.2 Å². The third kappa shape index (κ3) is 21.3. The van der Waals surface area contributed by atoms with Gasteiger partial charge in [-0.15, -0.1) is 12.4 Å². The van der Waals surface area contributed by atoms with E-state index in [4.69, 9.17) is 44.4 Å². The topological polar surface area (TPSA) is 232 Å². The molecule has 0 bridgehead atoms. The Balaban J connectivity index is 0.000000187. The third-order valence-corrected chi connectivity index (χ3v) is 18.6. The molecule has 0 spiro atoms. The second kappa shape index (κ2) is 32.0. The van der Waals surface area contributed by atoms with E-state index >= 15 is 0 Å². The quantitative estimate of drug-likeness (QED) is 0.0807. The summed E-state index contributed by atoms with van der Waals surface area (Å²) >= 11 is 11.3. The molecule has 3 aliphatic rings. The van der Waals surface area contributed by atoms with Gasteiger partial charge in [-0.2, -0.15) is 39.5 Å². The Kier molecular flexibility index (Phi) is 25.4. The van der Waals surface area contributed by atoms with E-state index in [1.54, 1.807) is 20.8 Å². The van der Waals surface area contributed by atoms with E-state index in [0.29, 0.717) is 105 Å². The number of amides is 1. The van der Waals surface area contributed by atoms with E-state index < -0.39 is 66.0 Å². The summed E-state index contributed by atoms with van der Waals surface area (Å²) in [7, 11) is -2.26. The number of nitrogens with zero attached hydrogens (tertiary/aromatic N) is 9. The van der Waals surface area contributed by atoms with Gasteiger partial charge in [-0.3, -0.25) is 0 Å². The average molecular weight is 1450 g/mol. The molecule has 0 radical (unpaired) electrons. The van der Waals surface area contributed by atoms with Gasteiger partial charge in [0.1, 0.15) is 42.0 Å². The maximum atomic E-state index is 13.2. The minimum atomic E-state index is -4.47. The number of alkyl carbamates (subject to hydrolysis) is 1. The Hall–Kier alpha value is -6.86. The van der Waals surface area contributed by atoms with Crippen molar-refractivity contribution in [1.29, 1.82) is 0 Å². The zero-order chi connectivity index (χ0) is 68.4. The van der Waals surface area contributed by atoms with Crippen molar-refractivity contribution >= 4 is 122 Å². The number of rotatable bonds is 11. The number of fused-ring (bicyclic) bond motifs is 3. The molecule has 3 fully saturated rings. The highest BCUT2D eigenvalue weighted by atomic mass is 35.7. The second-order valence-electron chi connectivity index (χ2n) is 23.5. The lowest BCUT2D eigenvalue weighted by atomic mass is 9.97. The summed E-state index contributed by atoms with van der Waals surface area (Å²) in [4.78, 5) is 42.9. The highest BCUT2D eigenvalue weighted by Crippen LogP contribution is 2.38. The fourth-order valence-corrected chi connectivity index (χ4v) is 12.9. The van der Waals surface area contributed by atoms with Gasteiger partial charge >= 0.3 is 24.6 Å². The van der Waals surface area contributed by atoms with Crippen molar-refractivity contribution in [3.63, 3.8) is 0 Å². The first-order chi connectivity index (χ1) is 44.1. The van der Waals surface area contributed by atoms with E-state index in [0.717, 1.165) is 88.0 Å². The monoisotopic (exact) mass is 1450 g/mol. The molecule has 3 unspecified atom stereocenters. The summed E-state index contributed by atoms with van der Waals surface area (Å²) in [5, 5.41) is 4.84. The molecule has 0 aliphatic carbocycles. The molecule has 5 aromatic carbocycles. The number of ether oxygens (including phenoxy) is 1. The Morgan fingerprint density at radius 2 is 0.884 bits per heavy atom. The molecule has 6 heterocycles. The van der Waals surface area contributed by atoms with E-state index in [-0.39, 0.29) is 40.6 Å². The zero-order valence-corrected chi connectivity index (χ0v) is 55.9. The minimum absolute atomic E-state index is 0. The number of benzene rings is 5. The van der Waals surface area contributed by atoms with E-state index in [2.05, 4.69) is 39.9 Å². The van der Waals surface area contributed by atoms with E-state index in [1.165, 1.54) is 85.7 Å². The van der Waals surface area contributed by atoms with Crippen molar-refractivity contribution < 1.29 is 65.9 Å². The maximum absolute atomic E-state index is 13.2. The first kappa shape index (κ1) is 75.5. The fraction of sp³-hybridized carbons (Fsp3) is 0.403. The van der Waals surface area contributed by atoms with Gasteiger partial charge < -0.3 is 30.5 Å². The molecule has 3 atom stereocenters. The number of hydrogen-bond donors (Lipinski definition) is 3. The van der Waals surface area contributed by atoms with Crippen LogP contribution in [-0.4, -0.2) is 117 Å². The van der Waals surface area contributed by atoms with E-state index in [1.807, 2.05) is 14.7 Å². The van der Waals surface area contributed by atoms with Crippen LogP contribution in [0.2, 0.25) is 10.0 Å². The van der Waals surface area contributed by atoms with Crippen molar-refractivity contribution in [3.05, 3.63) is 149 Å². The maximum Gasteiger partial charge on any atom is 0.416 e. The fourth-order valence-electron chi connectivity index (χ4n) is 10.8. The molecule has 4 N–H and O–H groups in total. The molecule has 0 saturated carbocycles. The molecular formula is C62H67Cl4F9N12O6S2. The van der Waals surface area contributed by atoms with Gasteiger partial charge in [0.2, 0.25) is 10.0 Å². The van der Waals surface area contributed by atoms with E-state index in [9.17, 15) is 61.1 Å². The van der Waals surface area contributed by atoms with Gasteiger partial charge in [0.15, 0.2) is 0 Å². The normalized spacial score (nSPS) is 17.3. The number of nitrogens with one attached hydrogen (secondary N) is 2. The Bertz CT molecular complexity index is 4150. The predicted molar refractivity (Wildman–Crippen MR) is 350 cm³/mol. The Morgan fingerprint density at radius 3 is 1.23 bits per heavy atom. The van der Waals surface area contributed by atoms with Crippen LogP contribution in [0.4, 0.5) is 61.8 Å². The van der Waals surface area contributed by atoms with Gasteiger partial charge in [0.05, 0.1) is 43.0 Å². The highest BCUT2D eigenvalue weighted by molar-refractivity contribution is 8.13. The van der Waals surface area contributed by atoms with Crippen LogP contribution in [-0.2, 0) is 42.3 Å². The zero-order valence-electron chi connectivity index (χ0n) is 51.2. The summed E-state index contributed by atoms with van der Waals surface area (Å²) in [6.45, 7) is 10.4. The van der Waals surface area contributed by atoms with Crippen molar-refractivity contribution in [1.82, 2.24) is 39.9 Å². The molecule has 33 heteroatoms. The summed E-state index contributed by atoms with van der Waals surface area (Å²) in [5.41, 5.74) is 4.42. The van der Waals surface area contributed by atoms with Crippen LogP contribution >= 0.6 is 46.3 Å². The molecule has 514 valence electrons. The van der Waals surface area contributed by atoms with Crippen molar-refractivity contribution in [2.75, 3.05) is 73.6 Å². The summed E-state index contributed by atoms with van der Waals surface area (Å²) in [6, 6.07) is 22.0. The summed E-state index contributed by atoms with van der Waals surface area (Å²) < 4.78 is 172. The summed E-state index contributed by atoms with van der Waals surface area (Å²) in [5.74, 6) is 1.95. The molecular weight excluding hydrogens is 1390 g/mol. The number of nitrogens with two attached hydrogens (primary N) is 1. The molecule has 3 saturated heterocycles. The van der Waals surface area contributed by atoms with Crippen molar-refractivity contribution in [3.8, 4) is 0 Å². The highest BCUT2D eigenvalue weighted by Gasteiger charge is 2.35. The Morgan fingerprint density at radius 1 is 0.537 bits per heavy atom. The van der Waals surface area contributed by atoms with Crippen LogP contribution < -0.4 is 30.5 Å². The number of aromatic nitrogens is 6. The largest absolute Gasteiger partial charge is 0.444 e. The van der Waals surface area contributed by atoms with Crippen LogP contribution in [0, 0.1) is 17.8 Å². The van der Waals surface area contributed by atoms with Crippen molar-refractivity contribution in [2.24, 2.45) is 23.5 Å². The SMILES string of the molecule is CC(C)(C)OC(=O)NCC1CCCN(c2ncnc3ccc(C(F)(F)F)cc23)C1.Cl.NCC1CCCN(c2ncnc3ccc(C(F)(F)F)cc23)C1.O=S(=O)(Cl)c1ccc(Cl)cc1.O=S(=O)(NCC1CCCN(c2ncnc3ccc(C(F)(F)F)cc23)C1)c1ccc(Cl)cc1. The van der Waals surface area contributed by atoms with Gasteiger partial charge in [-0.25, -0.2) is 56.3 Å². The number of halogens is 13. The van der Waals surface area contributed by atoms with Crippen LogP contribution in [0.5, 0.6) is 0 Å². The Labute approximate surface area is 563 Å². The van der Waals surface area contributed by atoms with Crippen LogP contribution in [0.3, 0.4) is 0 Å². The number of anilines is 3. The average Bonchev–Trinajstić information content (AvgIpc) is 0.807. The molecule has 11 rings (SSSR count). The lowest BCUT2D eigenvalue weighted by Gasteiger charge is -2.34. The molecule has 95 heavy (non-hydrogen) atoms. The molecule has 8 aromatic rings. The van der Waals surface area contributed by atoms with Gasteiger partial charge in [0.25, 0.3) is 9.05 Å². The number of piperidine rings is 3. The smallest absolute Gasteiger partial charge is 0.416 e.